The molecule has 0 fully saturated rings. The van der Waals surface area contributed by atoms with Crippen LogP contribution in [-0.4, -0.2) is 17.9 Å². The third-order valence-corrected chi connectivity index (χ3v) is 6.57. The van der Waals surface area contributed by atoms with Gasteiger partial charge >= 0.3 is 5.97 Å². The highest BCUT2D eigenvalue weighted by Crippen LogP contribution is 2.19. The van der Waals surface area contributed by atoms with Crippen molar-refractivity contribution in [3.05, 3.63) is 0 Å². The molecule has 2 atom stereocenters. The Morgan fingerprint density at radius 2 is 1.06 bits per heavy atom. The van der Waals surface area contributed by atoms with Crippen LogP contribution in [0.3, 0.4) is 0 Å². The molecule has 0 spiro atoms. The summed E-state index contributed by atoms with van der Waals surface area (Å²) in [5.74, 6) is 0.807. The van der Waals surface area contributed by atoms with Gasteiger partial charge in [-0.2, -0.15) is 0 Å². The van der Waals surface area contributed by atoms with Crippen molar-refractivity contribution in [3.63, 3.8) is 0 Å². The number of ether oxygens (including phenoxy) is 1. The molecule has 0 saturated carbocycles. The van der Waals surface area contributed by atoms with Gasteiger partial charge in [-0.05, 0) is 32.1 Å². The molecule has 0 aromatic rings. The van der Waals surface area contributed by atoms with Gasteiger partial charge in [-0.15, -0.1) is 0 Å². The van der Waals surface area contributed by atoms with Crippen LogP contribution in [0.2, 0.25) is 0 Å². The van der Waals surface area contributed by atoms with Gasteiger partial charge < -0.3 is 4.74 Å². The number of esters is 1. The molecule has 0 rings (SSSR count). The summed E-state index contributed by atoms with van der Waals surface area (Å²) >= 11 is 0. The van der Waals surface area contributed by atoms with Gasteiger partial charge in [-0.1, -0.05) is 124 Å². The summed E-state index contributed by atoms with van der Waals surface area (Å²) in [5, 5.41) is 0. The minimum Gasteiger partial charge on any atom is -0.462 e. The van der Waals surface area contributed by atoms with Gasteiger partial charge in [-0.3, -0.25) is 9.59 Å². The third kappa shape index (κ3) is 22.3. The van der Waals surface area contributed by atoms with Gasteiger partial charge in [0.1, 0.15) is 11.9 Å². The summed E-state index contributed by atoms with van der Waals surface area (Å²) in [4.78, 5) is 23.8. The van der Waals surface area contributed by atoms with Crippen LogP contribution in [0.15, 0.2) is 0 Å². The smallest absolute Gasteiger partial charge is 0.306 e. The lowest BCUT2D eigenvalue weighted by Crippen LogP contribution is -2.20. The first-order valence-electron chi connectivity index (χ1n) is 14.2. The Morgan fingerprint density at radius 1 is 0.625 bits per heavy atom. The van der Waals surface area contributed by atoms with Crippen molar-refractivity contribution in [2.24, 2.45) is 5.92 Å². The Balaban J connectivity index is 3.83. The van der Waals surface area contributed by atoms with E-state index in [0.717, 1.165) is 31.6 Å². The molecule has 1 unspecified atom stereocenters. The number of rotatable bonds is 24. The van der Waals surface area contributed by atoms with E-state index in [1.54, 1.807) is 6.92 Å². The van der Waals surface area contributed by atoms with E-state index in [1.807, 2.05) is 0 Å². The molecule has 0 radical (unpaired) electrons. The molecule has 0 aliphatic carbocycles. The van der Waals surface area contributed by atoms with Crippen LogP contribution in [0.4, 0.5) is 0 Å². The van der Waals surface area contributed by atoms with Crippen molar-refractivity contribution in [2.75, 3.05) is 0 Å². The van der Waals surface area contributed by atoms with Gasteiger partial charge in [0.15, 0.2) is 0 Å². The highest BCUT2D eigenvalue weighted by Gasteiger charge is 2.16. The maximum absolute atomic E-state index is 12.3. The van der Waals surface area contributed by atoms with Gasteiger partial charge in [0.05, 0.1) is 0 Å². The first-order chi connectivity index (χ1) is 15.5. The van der Waals surface area contributed by atoms with Crippen molar-refractivity contribution >= 4 is 11.8 Å². The summed E-state index contributed by atoms with van der Waals surface area (Å²) in [5.41, 5.74) is 0. The Hall–Kier alpha value is -0.860. The summed E-state index contributed by atoms with van der Waals surface area (Å²) in [6, 6.07) is 0. The van der Waals surface area contributed by atoms with Crippen LogP contribution in [0.1, 0.15) is 163 Å². The van der Waals surface area contributed by atoms with E-state index in [2.05, 4.69) is 20.8 Å². The van der Waals surface area contributed by atoms with Crippen LogP contribution in [0.25, 0.3) is 0 Å². The molecule has 0 aromatic carbocycles. The van der Waals surface area contributed by atoms with Crippen molar-refractivity contribution in [2.45, 2.75) is 169 Å². The van der Waals surface area contributed by atoms with Gasteiger partial charge in [0.2, 0.25) is 0 Å². The van der Waals surface area contributed by atoms with Gasteiger partial charge in [0, 0.05) is 12.8 Å². The molecule has 0 bridgehead atoms. The largest absolute Gasteiger partial charge is 0.462 e. The first-order valence-corrected chi connectivity index (χ1v) is 14.2. The molecule has 0 N–H and O–H groups in total. The number of carbonyl (C=O) groups is 2. The molecule has 0 aliphatic rings. The minimum absolute atomic E-state index is 0.111. The van der Waals surface area contributed by atoms with Gasteiger partial charge in [0.25, 0.3) is 0 Å². The molecular weight excluding hydrogens is 396 g/mol. The summed E-state index contributed by atoms with van der Waals surface area (Å²) in [6.45, 7) is 8.47. The highest BCUT2D eigenvalue weighted by atomic mass is 16.5. The fourth-order valence-corrected chi connectivity index (χ4v) is 4.45. The number of carbonyl (C=O) groups excluding carboxylic acids is 2. The Morgan fingerprint density at radius 3 is 1.59 bits per heavy atom. The second-order valence-corrected chi connectivity index (χ2v) is 10.2. The van der Waals surface area contributed by atoms with Crippen molar-refractivity contribution in [3.8, 4) is 0 Å². The molecule has 32 heavy (non-hydrogen) atoms. The topological polar surface area (TPSA) is 43.4 Å². The van der Waals surface area contributed by atoms with Crippen LogP contribution in [0, 0.1) is 5.92 Å². The lowest BCUT2D eigenvalue weighted by molar-refractivity contribution is -0.150. The lowest BCUT2D eigenvalue weighted by atomic mass is 9.96. The molecule has 190 valence electrons. The average molecular weight is 453 g/mol. The molecule has 3 heteroatoms. The minimum atomic E-state index is -0.215. The number of hydrogen-bond acceptors (Lipinski definition) is 3. The number of unbranched alkanes of at least 4 members (excludes halogenated alkanes) is 13. The van der Waals surface area contributed by atoms with E-state index in [-0.39, 0.29) is 17.9 Å². The van der Waals surface area contributed by atoms with Gasteiger partial charge in [-0.25, -0.2) is 0 Å². The number of ketones is 1. The van der Waals surface area contributed by atoms with Crippen molar-refractivity contribution in [1.29, 1.82) is 0 Å². The van der Waals surface area contributed by atoms with E-state index in [0.29, 0.717) is 12.8 Å². The van der Waals surface area contributed by atoms with E-state index in [4.69, 9.17) is 4.74 Å². The number of Topliss-reactive ketones (excluding diaryl/α,β-unsaturated/α-hetero) is 1. The molecule has 0 aromatic heterocycles. The predicted octanol–water partition coefficient (Wildman–Crippen LogP) is 9.36. The number of hydrogen-bond donors (Lipinski definition) is 0. The molecule has 0 heterocycles. The zero-order valence-electron chi connectivity index (χ0n) is 22.2. The molecular formula is C29H56O3. The van der Waals surface area contributed by atoms with Crippen LogP contribution in [-0.2, 0) is 14.3 Å². The summed E-state index contributed by atoms with van der Waals surface area (Å²) in [7, 11) is 0. The zero-order chi connectivity index (χ0) is 23.9. The average Bonchev–Trinajstić information content (AvgIpc) is 2.74. The summed E-state index contributed by atoms with van der Waals surface area (Å²) in [6.07, 6.45) is 24.2. The van der Waals surface area contributed by atoms with Crippen molar-refractivity contribution < 1.29 is 14.3 Å². The maximum atomic E-state index is 12.3. The van der Waals surface area contributed by atoms with Crippen LogP contribution >= 0.6 is 0 Å². The Bertz CT molecular complexity index is 432. The van der Waals surface area contributed by atoms with Crippen molar-refractivity contribution in [1.82, 2.24) is 0 Å². The lowest BCUT2D eigenvalue weighted by Gasteiger charge is -2.17. The monoisotopic (exact) mass is 452 g/mol. The highest BCUT2D eigenvalue weighted by molar-refractivity contribution is 5.76. The first kappa shape index (κ1) is 31.1. The zero-order valence-corrected chi connectivity index (χ0v) is 22.2. The van der Waals surface area contributed by atoms with E-state index < -0.39 is 0 Å². The standard InChI is InChI=1S/C29H56O3/c1-5-7-9-11-12-13-14-15-19-23-28(25-27(4)30)32-29(31)24-20-16-18-22-26(3)21-17-10-8-6-2/h26,28H,5-25H2,1-4H3/t26?,28-/m0/s1. The van der Waals surface area contributed by atoms with E-state index in [9.17, 15) is 9.59 Å². The fraction of sp³-hybridized carbons (Fsp3) is 0.931. The van der Waals surface area contributed by atoms with Crippen LogP contribution < -0.4 is 0 Å². The fourth-order valence-electron chi connectivity index (χ4n) is 4.45. The normalized spacial score (nSPS) is 13.1. The SMILES string of the molecule is CCCCCCCCCCC[C@@H](CC(C)=O)OC(=O)CCCCCC(C)CCCCCC. The van der Waals surface area contributed by atoms with E-state index >= 15 is 0 Å². The second kappa shape index (κ2) is 23.3. The second-order valence-electron chi connectivity index (χ2n) is 10.2. The Labute approximate surface area is 200 Å². The molecule has 0 amide bonds. The molecule has 3 nitrogen and oxygen atoms in total. The Kier molecular flexibility index (Phi) is 22.7. The summed E-state index contributed by atoms with van der Waals surface area (Å²) < 4.78 is 5.68. The quantitative estimate of drug-likeness (QED) is 0.108. The molecule has 0 aliphatic heterocycles. The predicted molar refractivity (Wildman–Crippen MR) is 138 cm³/mol. The van der Waals surface area contributed by atoms with E-state index in [1.165, 1.54) is 96.3 Å². The third-order valence-electron chi connectivity index (χ3n) is 6.57. The maximum Gasteiger partial charge on any atom is 0.306 e. The van der Waals surface area contributed by atoms with Crippen LogP contribution in [0.5, 0.6) is 0 Å². The molecule has 0 saturated heterocycles.